The topological polar surface area (TPSA) is 48.4 Å². The van der Waals surface area contributed by atoms with Gasteiger partial charge in [-0.25, -0.2) is 14.2 Å². The summed E-state index contributed by atoms with van der Waals surface area (Å²) in [5.41, 5.74) is 1.96. The molecule has 4 nitrogen and oxygen atoms in total. The van der Waals surface area contributed by atoms with Gasteiger partial charge in [0, 0.05) is 8.45 Å². The Morgan fingerprint density at radius 2 is 2.29 bits per heavy atom. The van der Waals surface area contributed by atoms with Crippen molar-refractivity contribution in [3.8, 4) is 5.75 Å². The molecular formula is C14H13FINO3S. The molecule has 21 heavy (non-hydrogen) atoms. The highest BCUT2D eigenvalue weighted by atomic mass is 127. The van der Waals surface area contributed by atoms with Crippen LogP contribution in [0.2, 0.25) is 0 Å². The molecule has 0 amide bonds. The zero-order chi connectivity index (χ0) is 15.2. The number of benzene rings is 1. The smallest absolute Gasteiger partial charge is 0.357 e. The van der Waals surface area contributed by atoms with Crippen molar-refractivity contribution in [2.45, 2.75) is 12.8 Å². The number of esters is 1. The number of hydrogen-bond acceptors (Lipinski definition) is 5. The van der Waals surface area contributed by atoms with E-state index in [1.807, 2.05) is 22.6 Å². The van der Waals surface area contributed by atoms with E-state index in [4.69, 9.17) is 4.74 Å². The fourth-order valence-corrected chi connectivity index (χ4v) is 2.97. The van der Waals surface area contributed by atoms with E-state index < -0.39 is 5.97 Å². The third kappa shape index (κ3) is 4.37. The van der Waals surface area contributed by atoms with Crippen molar-refractivity contribution < 1.29 is 18.7 Å². The third-order valence-electron chi connectivity index (χ3n) is 2.72. The zero-order valence-electron chi connectivity index (χ0n) is 11.3. The van der Waals surface area contributed by atoms with Crippen LogP contribution in [0.1, 0.15) is 21.8 Å². The summed E-state index contributed by atoms with van der Waals surface area (Å²) in [4.78, 5) is 16.3. The van der Waals surface area contributed by atoms with Crippen LogP contribution in [-0.2, 0) is 11.2 Å². The summed E-state index contributed by atoms with van der Waals surface area (Å²) in [6, 6.07) is 4.83. The van der Waals surface area contributed by atoms with Gasteiger partial charge < -0.3 is 9.47 Å². The maximum atomic E-state index is 13.6. The van der Waals surface area contributed by atoms with Gasteiger partial charge in [0.25, 0.3) is 0 Å². The number of carbonyl (C=O) groups is 1. The van der Waals surface area contributed by atoms with Crippen molar-refractivity contribution in [3.05, 3.63) is 43.7 Å². The minimum absolute atomic E-state index is 0.243. The number of ether oxygens (including phenoxy) is 2. The molecule has 0 aliphatic carbocycles. The van der Waals surface area contributed by atoms with E-state index in [1.165, 1.54) is 24.5 Å². The number of hydrogen-bond donors (Lipinski definition) is 0. The first-order chi connectivity index (χ1) is 10.1. The third-order valence-corrected chi connectivity index (χ3v) is 4.28. The number of thiazole rings is 1. The van der Waals surface area contributed by atoms with Crippen molar-refractivity contribution >= 4 is 39.9 Å². The zero-order valence-corrected chi connectivity index (χ0v) is 14.2. The van der Waals surface area contributed by atoms with Crippen LogP contribution in [0.5, 0.6) is 5.75 Å². The first kappa shape index (κ1) is 16.2. The summed E-state index contributed by atoms with van der Waals surface area (Å²) < 4.78 is 24.5. The Morgan fingerprint density at radius 3 is 3.00 bits per heavy atom. The van der Waals surface area contributed by atoms with Crippen LogP contribution in [-0.4, -0.2) is 24.7 Å². The number of methoxy groups -OCH3 is 1. The lowest BCUT2D eigenvalue weighted by Crippen LogP contribution is -2.06. The Balaban J connectivity index is 1.85. The molecule has 0 aliphatic rings. The molecule has 0 bridgehead atoms. The van der Waals surface area contributed by atoms with Crippen molar-refractivity contribution in [3.63, 3.8) is 0 Å². The van der Waals surface area contributed by atoms with Crippen molar-refractivity contribution in [2.24, 2.45) is 0 Å². The van der Waals surface area contributed by atoms with E-state index in [9.17, 15) is 9.18 Å². The van der Waals surface area contributed by atoms with Crippen molar-refractivity contribution in [2.75, 3.05) is 13.7 Å². The second-order valence-corrected chi connectivity index (χ2v) is 6.33. The summed E-state index contributed by atoms with van der Waals surface area (Å²) >= 11 is 3.44. The second-order valence-electron chi connectivity index (χ2n) is 4.14. The fraction of sp³-hybridized carbons (Fsp3) is 0.286. The lowest BCUT2D eigenvalue weighted by atomic mass is 10.2. The van der Waals surface area contributed by atoms with E-state index in [1.54, 1.807) is 17.6 Å². The van der Waals surface area contributed by atoms with Gasteiger partial charge in [-0.15, -0.1) is 11.3 Å². The lowest BCUT2D eigenvalue weighted by molar-refractivity contribution is 0.0593. The summed E-state index contributed by atoms with van der Waals surface area (Å²) in [7, 11) is 1.33. The Morgan fingerprint density at radius 1 is 1.48 bits per heavy atom. The largest absolute Gasteiger partial charge is 0.491 e. The molecule has 1 aromatic heterocycles. The normalized spacial score (nSPS) is 10.4. The van der Waals surface area contributed by atoms with E-state index in [2.05, 4.69) is 9.72 Å². The van der Waals surface area contributed by atoms with Crippen LogP contribution in [0.3, 0.4) is 0 Å². The summed E-state index contributed by atoms with van der Waals surface area (Å²) in [5.74, 6) is -0.557. The van der Waals surface area contributed by atoms with E-state index in [0.29, 0.717) is 25.1 Å². The molecule has 0 fully saturated rings. The van der Waals surface area contributed by atoms with Gasteiger partial charge in [-0.05, 0) is 53.6 Å². The maximum absolute atomic E-state index is 13.6. The molecule has 0 atom stereocenters. The molecular weight excluding hydrogens is 408 g/mol. The SMILES string of the molecule is COC(=O)c1ncsc1CCCOc1ccc(I)cc1F. The number of aryl methyl sites for hydroxylation is 1. The quantitative estimate of drug-likeness (QED) is 0.406. The molecule has 0 saturated heterocycles. The van der Waals surface area contributed by atoms with Crippen LogP contribution >= 0.6 is 33.9 Å². The number of nitrogens with zero attached hydrogens (tertiary/aromatic N) is 1. The average Bonchev–Trinajstić information content (AvgIpc) is 2.93. The van der Waals surface area contributed by atoms with E-state index in [-0.39, 0.29) is 11.6 Å². The van der Waals surface area contributed by atoms with E-state index in [0.717, 1.165) is 8.45 Å². The van der Waals surface area contributed by atoms with Crippen molar-refractivity contribution in [1.29, 1.82) is 0 Å². The van der Waals surface area contributed by atoms with Crippen LogP contribution < -0.4 is 4.74 Å². The molecule has 2 rings (SSSR count). The maximum Gasteiger partial charge on any atom is 0.357 e. The number of carbonyl (C=O) groups excluding carboxylic acids is 1. The van der Waals surface area contributed by atoms with Gasteiger partial charge in [0.15, 0.2) is 17.3 Å². The van der Waals surface area contributed by atoms with E-state index >= 15 is 0 Å². The summed E-state index contributed by atoms with van der Waals surface area (Å²) in [6.45, 7) is 0.371. The molecule has 112 valence electrons. The molecule has 1 heterocycles. The average molecular weight is 421 g/mol. The highest BCUT2D eigenvalue weighted by Crippen LogP contribution is 2.20. The Kier molecular flexibility index (Phi) is 5.92. The molecule has 0 unspecified atom stereocenters. The lowest BCUT2D eigenvalue weighted by Gasteiger charge is -2.07. The van der Waals surface area contributed by atoms with Crippen LogP contribution in [0, 0.1) is 9.39 Å². The second kappa shape index (κ2) is 7.69. The fourth-order valence-electron chi connectivity index (χ4n) is 1.72. The Hall–Kier alpha value is -1.22. The summed E-state index contributed by atoms with van der Waals surface area (Å²) in [6.07, 6.45) is 1.30. The Labute approximate surface area is 139 Å². The number of aromatic nitrogens is 1. The van der Waals surface area contributed by atoms with Crippen LogP contribution in [0.25, 0.3) is 0 Å². The molecule has 1 aromatic carbocycles. The predicted octanol–water partition coefficient (Wildman–Crippen LogP) is 3.69. The molecule has 2 aromatic rings. The molecule has 7 heteroatoms. The highest BCUT2D eigenvalue weighted by molar-refractivity contribution is 14.1. The van der Waals surface area contributed by atoms with Crippen LogP contribution in [0.15, 0.2) is 23.7 Å². The first-order valence-corrected chi connectivity index (χ1v) is 8.16. The van der Waals surface area contributed by atoms with Gasteiger partial charge in [-0.3, -0.25) is 0 Å². The summed E-state index contributed by atoms with van der Waals surface area (Å²) in [5, 5.41) is 0. The molecule has 0 spiro atoms. The minimum atomic E-state index is -0.434. The van der Waals surface area contributed by atoms with Gasteiger partial charge in [0.05, 0.1) is 19.2 Å². The molecule has 0 N–H and O–H groups in total. The Bertz CT molecular complexity index is 632. The molecule has 0 radical (unpaired) electrons. The van der Waals surface area contributed by atoms with Gasteiger partial charge in [-0.1, -0.05) is 0 Å². The van der Waals surface area contributed by atoms with Gasteiger partial charge >= 0.3 is 5.97 Å². The number of rotatable bonds is 6. The van der Waals surface area contributed by atoms with Crippen molar-refractivity contribution in [1.82, 2.24) is 4.98 Å². The first-order valence-electron chi connectivity index (χ1n) is 6.20. The number of halogens is 2. The van der Waals surface area contributed by atoms with Gasteiger partial charge in [-0.2, -0.15) is 0 Å². The van der Waals surface area contributed by atoms with Crippen LogP contribution in [0.4, 0.5) is 4.39 Å². The monoisotopic (exact) mass is 421 g/mol. The minimum Gasteiger partial charge on any atom is -0.491 e. The van der Waals surface area contributed by atoms with Gasteiger partial charge in [0.2, 0.25) is 0 Å². The predicted molar refractivity (Wildman–Crippen MR) is 86.4 cm³/mol. The molecule has 0 saturated carbocycles. The standard InChI is InChI=1S/C14H13FINO3S/c1-19-14(18)13-12(21-8-17-13)3-2-6-20-11-5-4-9(16)7-10(11)15/h4-5,7-8H,2-3,6H2,1H3. The molecule has 0 aliphatic heterocycles. The van der Waals surface area contributed by atoms with Gasteiger partial charge in [0.1, 0.15) is 0 Å². The highest BCUT2D eigenvalue weighted by Gasteiger charge is 2.14.